The standard InChI is InChI=1S/C24H28BFO5/c1-23(2)30-21(27)24(3,22(28)31-23)14-17(15-25(4)29)13-16-9-11-18(12-10-16)19-7-5-6-8-20(19)26/h5-12,17,29H,13-15H2,1-4H3/t17-/m1/s1. The van der Waals surface area contributed by atoms with Crippen molar-refractivity contribution in [2.24, 2.45) is 11.3 Å². The number of carbonyl (C=O) groups excluding carboxylic acids is 2. The maximum Gasteiger partial charge on any atom is 0.326 e. The fraction of sp³-hybridized carbons (Fsp3) is 0.417. The fourth-order valence-corrected chi connectivity index (χ4v) is 4.09. The van der Waals surface area contributed by atoms with Gasteiger partial charge in [0, 0.05) is 19.4 Å². The van der Waals surface area contributed by atoms with Crippen LogP contribution < -0.4 is 0 Å². The van der Waals surface area contributed by atoms with Crippen LogP contribution in [0.25, 0.3) is 11.1 Å². The second kappa shape index (κ2) is 8.83. The summed E-state index contributed by atoms with van der Waals surface area (Å²) in [6, 6.07) is 14.1. The Morgan fingerprint density at radius 2 is 1.58 bits per heavy atom. The van der Waals surface area contributed by atoms with Crippen molar-refractivity contribution in [3.05, 3.63) is 59.9 Å². The first-order valence-corrected chi connectivity index (χ1v) is 10.5. The molecule has 0 radical (unpaired) electrons. The maximum atomic E-state index is 14.0. The van der Waals surface area contributed by atoms with E-state index in [1.807, 2.05) is 24.3 Å². The molecule has 1 aliphatic heterocycles. The van der Waals surface area contributed by atoms with Crippen LogP contribution >= 0.6 is 0 Å². The SMILES string of the molecule is CB(O)C[C@H](Cc1ccc(-c2ccccc2F)cc1)CC1(C)C(=O)OC(C)(C)OC1=O. The zero-order chi connectivity index (χ0) is 22.8. The molecule has 31 heavy (non-hydrogen) atoms. The van der Waals surface area contributed by atoms with Gasteiger partial charge >= 0.3 is 11.9 Å². The molecule has 1 atom stereocenters. The quantitative estimate of drug-likeness (QED) is 0.401. The fourth-order valence-electron chi connectivity index (χ4n) is 4.09. The Kier molecular flexibility index (Phi) is 6.55. The van der Waals surface area contributed by atoms with Gasteiger partial charge in [0.1, 0.15) is 5.82 Å². The Morgan fingerprint density at radius 3 is 2.13 bits per heavy atom. The van der Waals surface area contributed by atoms with E-state index in [-0.39, 0.29) is 18.2 Å². The minimum atomic E-state index is -1.43. The molecule has 0 spiro atoms. The molecule has 0 aliphatic carbocycles. The highest BCUT2D eigenvalue weighted by molar-refractivity contribution is 6.48. The molecule has 2 aromatic carbocycles. The van der Waals surface area contributed by atoms with Crippen LogP contribution in [0.4, 0.5) is 4.39 Å². The minimum Gasteiger partial charge on any atom is -0.451 e. The highest BCUT2D eigenvalue weighted by atomic mass is 19.1. The second-order valence-corrected chi connectivity index (χ2v) is 9.05. The Morgan fingerprint density at radius 1 is 1.00 bits per heavy atom. The number of esters is 2. The van der Waals surface area contributed by atoms with E-state index in [1.165, 1.54) is 26.8 Å². The Balaban J connectivity index is 1.78. The molecule has 1 heterocycles. The van der Waals surface area contributed by atoms with Gasteiger partial charge < -0.3 is 14.5 Å². The number of ether oxygens (including phenoxy) is 2. The third kappa shape index (κ3) is 5.34. The molecule has 164 valence electrons. The lowest BCUT2D eigenvalue weighted by molar-refractivity contribution is -0.250. The van der Waals surface area contributed by atoms with Crippen LogP contribution in [0, 0.1) is 17.2 Å². The van der Waals surface area contributed by atoms with E-state index in [0.717, 1.165) is 11.1 Å². The van der Waals surface area contributed by atoms with Crippen molar-refractivity contribution in [3.8, 4) is 11.1 Å². The first-order valence-electron chi connectivity index (χ1n) is 10.5. The molecule has 1 aliphatic rings. The third-order valence-electron chi connectivity index (χ3n) is 5.61. The second-order valence-electron chi connectivity index (χ2n) is 9.05. The van der Waals surface area contributed by atoms with Crippen molar-refractivity contribution in [2.45, 2.75) is 52.5 Å². The molecule has 1 N–H and O–H groups in total. The van der Waals surface area contributed by atoms with Gasteiger partial charge in [-0.2, -0.15) is 0 Å². The van der Waals surface area contributed by atoms with Crippen LogP contribution in [0.2, 0.25) is 13.1 Å². The van der Waals surface area contributed by atoms with Crippen LogP contribution in [-0.2, 0) is 25.5 Å². The smallest absolute Gasteiger partial charge is 0.326 e. The minimum absolute atomic E-state index is 0.161. The summed E-state index contributed by atoms with van der Waals surface area (Å²) in [6.45, 7) is 5.65. The third-order valence-corrected chi connectivity index (χ3v) is 5.61. The molecule has 2 aromatic rings. The lowest BCUT2D eigenvalue weighted by atomic mass is 9.60. The molecule has 0 bridgehead atoms. The number of hydrogen-bond donors (Lipinski definition) is 1. The van der Waals surface area contributed by atoms with E-state index in [4.69, 9.17) is 9.47 Å². The van der Waals surface area contributed by atoms with Crippen LogP contribution in [0.1, 0.15) is 32.8 Å². The summed E-state index contributed by atoms with van der Waals surface area (Å²) in [5.74, 6) is -2.95. The van der Waals surface area contributed by atoms with Crippen molar-refractivity contribution in [1.82, 2.24) is 0 Å². The number of benzene rings is 2. The summed E-state index contributed by atoms with van der Waals surface area (Å²) >= 11 is 0. The van der Waals surface area contributed by atoms with E-state index in [0.29, 0.717) is 18.3 Å². The van der Waals surface area contributed by atoms with Crippen LogP contribution in [0.5, 0.6) is 0 Å². The molecule has 5 nitrogen and oxygen atoms in total. The summed E-state index contributed by atoms with van der Waals surface area (Å²) < 4.78 is 24.7. The maximum absolute atomic E-state index is 14.0. The number of cyclic esters (lactones) is 2. The monoisotopic (exact) mass is 426 g/mol. The Hall–Kier alpha value is -2.67. The highest BCUT2D eigenvalue weighted by Gasteiger charge is 2.53. The van der Waals surface area contributed by atoms with Crippen molar-refractivity contribution in [3.63, 3.8) is 0 Å². The number of rotatable bonds is 7. The molecule has 1 fully saturated rings. The van der Waals surface area contributed by atoms with Gasteiger partial charge in [-0.3, -0.25) is 9.59 Å². The van der Waals surface area contributed by atoms with Gasteiger partial charge in [0.25, 0.3) is 12.7 Å². The molecule has 0 amide bonds. The summed E-state index contributed by atoms with van der Waals surface area (Å²) in [7, 11) is 0. The highest BCUT2D eigenvalue weighted by Crippen LogP contribution is 2.39. The van der Waals surface area contributed by atoms with Gasteiger partial charge in [-0.1, -0.05) is 49.3 Å². The average Bonchev–Trinajstić information content (AvgIpc) is 2.66. The van der Waals surface area contributed by atoms with E-state index < -0.39 is 30.1 Å². The molecule has 0 saturated carbocycles. The van der Waals surface area contributed by atoms with Crippen molar-refractivity contribution >= 4 is 18.9 Å². The molecular formula is C24H28BFO5. The average molecular weight is 426 g/mol. The molecule has 1 saturated heterocycles. The lowest BCUT2D eigenvalue weighted by Gasteiger charge is -2.39. The van der Waals surface area contributed by atoms with Crippen molar-refractivity contribution in [2.75, 3.05) is 0 Å². The zero-order valence-corrected chi connectivity index (χ0v) is 18.4. The van der Waals surface area contributed by atoms with Gasteiger partial charge in [-0.15, -0.1) is 0 Å². The summed E-state index contributed by atoms with van der Waals surface area (Å²) in [4.78, 5) is 25.3. The predicted octanol–water partition coefficient (Wildman–Crippen LogP) is 4.50. The summed E-state index contributed by atoms with van der Waals surface area (Å²) in [5, 5.41) is 9.98. The van der Waals surface area contributed by atoms with Crippen LogP contribution in [-0.4, -0.2) is 29.7 Å². The van der Waals surface area contributed by atoms with Crippen molar-refractivity contribution in [1.29, 1.82) is 0 Å². The number of hydrogen-bond acceptors (Lipinski definition) is 5. The van der Waals surface area contributed by atoms with E-state index in [9.17, 15) is 19.0 Å². The molecule has 0 aromatic heterocycles. The van der Waals surface area contributed by atoms with Crippen LogP contribution in [0.3, 0.4) is 0 Å². The first-order chi connectivity index (χ1) is 14.5. The molecular weight excluding hydrogens is 398 g/mol. The normalized spacial score (nSPS) is 18.1. The van der Waals surface area contributed by atoms with Gasteiger partial charge in [0.05, 0.1) is 0 Å². The zero-order valence-electron chi connectivity index (χ0n) is 18.4. The van der Waals surface area contributed by atoms with Crippen molar-refractivity contribution < 1.29 is 28.5 Å². The lowest BCUT2D eigenvalue weighted by Crippen LogP contribution is -2.53. The van der Waals surface area contributed by atoms with E-state index >= 15 is 0 Å². The Labute approximate surface area is 182 Å². The van der Waals surface area contributed by atoms with Gasteiger partial charge in [0.15, 0.2) is 5.41 Å². The number of halogens is 1. The summed E-state index contributed by atoms with van der Waals surface area (Å²) in [5.41, 5.74) is 0.828. The molecule has 3 rings (SSSR count). The molecule has 7 heteroatoms. The van der Waals surface area contributed by atoms with E-state index in [2.05, 4.69) is 0 Å². The Bertz CT molecular complexity index is 935. The largest absolute Gasteiger partial charge is 0.451 e. The van der Waals surface area contributed by atoms with Gasteiger partial charge in [-0.25, -0.2) is 4.39 Å². The van der Waals surface area contributed by atoms with E-state index in [1.54, 1.807) is 25.0 Å². The summed E-state index contributed by atoms with van der Waals surface area (Å²) in [6.07, 6.45) is 1.15. The number of carbonyl (C=O) groups is 2. The molecule has 0 unspecified atom stereocenters. The van der Waals surface area contributed by atoms with Gasteiger partial charge in [-0.05, 0) is 49.2 Å². The first kappa shape index (κ1) is 23.0. The van der Waals surface area contributed by atoms with Gasteiger partial charge in [0.2, 0.25) is 0 Å². The van der Waals surface area contributed by atoms with Crippen LogP contribution in [0.15, 0.2) is 48.5 Å². The topological polar surface area (TPSA) is 72.8 Å². The predicted molar refractivity (Wildman–Crippen MR) is 117 cm³/mol.